The highest BCUT2D eigenvalue weighted by Crippen LogP contribution is 2.40. The predicted molar refractivity (Wildman–Crippen MR) is 88.1 cm³/mol. The van der Waals surface area contributed by atoms with E-state index in [-0.39, 0.29) is 23.2 Å². The summed E-state index contributed by atoms with van der Waals surface area (Å²) in [5, 5.41) is 11.4. The van der Waals surface area contributed by atoms with Crippen LogP contribution in [0.25, 0.3) is 0 Å². The van der Waals surface area contributed by atoms with Crippen LogP contribution in [-0.4, -0.2) is 56.1 Å². The molecule has 2 amide bonds. The molecule has 1 fully saturated rings. The summed E-state index contributed by atoms with van der Waals surface area (Å²) >= 11 is 9.77. The Morgan fingerprint density at radius 1 is 1.48 bits per heavy atom. The number of carbonyl (C=O) groups is 4. The van der Waals surface area contributed by atoms with Crippen molar-refractivity contribution in [1.29, 1.82) is 0 Å². The Bertz CT molecular complexity index is 636. The van der Waals surface area contributed by atoms with E-state index in [0.29, 0.717) is 11.3 Å². The molecule has 0 spiro atoms. The van der Waals surface area contributed by atoms with Crippen molar-refractivity contribution in [3.63, 3.8) is 0 Å². The maximum Gasteiger partial charge on any atom is 0.352 e. The van der Waals surface area contributed by atoms with Crippen molar-refractivity contribution in [2.24, 2.45) is 0 Å². The molecular formula is C13H12BrClN2O5S. The molecule has 124 valence electrons. The average Bonchev–Trinajstić information content (AvgIpc) is 2.51. The van der Waals surface area contributed by atoms with E-state index >= 15 is 0 Å². The van der Waals surface area contributed by atoms with E-state index in [1.807, 2.05) is 0 Å². The number of halogens is 2. The van der Waals surface area contributed by atoms with Crippen molar-refractivity contribution >= 4 is 62.9 Å². The number of alkyl halides is 1. The van der Waals surface area contributed by atoms with Gasteiger partial charge in [-0.25, -0.2) is 4.79 Å². The number of carboxylic acids is 1. The zero-order valence-corrected chi connectivity index (χ0v) is 14.8. The Hall–Kier alpha value is -1.32. The van der Waals surface area contributed by atoms with Gasteiger partial charge in [-0.15, -0.1) is 11.8 Å². The van der Waals surface area contributed by atoms with Gasteiger partial charge >= 0.3 is 5.97 Å². The zero-order valence-electron chi connectivity index (χ0n) is 11.6. The number of allylic oxidation sites excluding steroid dienone is 1. The summed E-state index contributed by atoms with van der Waals surface area (Å²) < 4.78 is 0. The molecule has 0 aromatic rings. The van der Waals surface area contributed by atoms with Crippen molar-refractivity contribution in [3.05, 3.63) is 22.9 Å². The van der Waals surface area contributed by atoms with Crippen molar-refractivity contribution in [2.75, 3.05) is 11.1 Å². The summed E-state index contributed by atoms with van der Waals surface area (Å²) in [6.45, 7) is 0. The summed E-state index contributed by atoms with van der Waals surface area (Å²) in [7, 11) is 0. The highest BCUT2D eigenvalue weighted by Gasteiger charge is 2.53. The molecule has 2 aliphatic heterocycles. The molecule has 0 aromatic heterocycles. The lowest BCUT2D eigenvalue weighted by atomic mass is 10.0. The second kappa shape index (κ2) is 7.50. The quantitative estimate of drug-likeness (QED) is 0.373. The highest BCUT2D eigenvalue weighted by atomic mass is 79.9. The number of carboxylic acid groups (broad SMARTS) is 1. The number of amides is 2. The number of nitrogens with zero attached hydrogens (tertiary/aromatic N) is 1. The minimum Gasteiger partial charge on any atom is -0.477 e. The molecule has 0 radical (unpaired) electrons. The number of β-lactam (4-membered cyclic amide) rings is 1. The molecule has 0 bridgehead atoms. The molecule has 0 aliphatic carbocycles. The van der Waals surface area contributed by atoms with Crippen LogP contribution in [0.2, 0.25) is 0 Å². The van der Waals surface area contributed by atoms with Crippen LogP contribution in [0.4, 0.5) is 0 Å². The number of hydrogen-bond acceptors (Lipinski definition) is 5. The molecule has 7 nitrogen and oxygen atoms in total. The van der Waals surface area contributed by atoms with E-state index in [1.54, 1.807) is 0 Å². The summed E-state index contributed by atoms with van der Waals surface area (Å²) in [5.41, 5.74) is 1.49. The van der Waals surface area contributed by atoms with Gasteiger partial charge in [0.1, 0.15) is 17.1 Å². The molecule has 2 heterocycles. The molecule has 0 saturated carbocycles. The Morgan fingerprint density at radius 3 is 2.74 bits per heavy atom. The van der Waals surface area contributed by atoms with Gasteiger partial charge in [0.25, 0.3) is 5.91 Å². The lowest BCUT2D eigenvalue weighted by Gasteiger charge is -2.49. The van der Waals surface area contributed by atoms with E-state index in [9.17, 15) is 24.3 Å². The van der Waals surface area contributed by atoms with Gasteiger partial charge in [0.15, 0.2) is 5.78 Å². The number of carbonyl (C=O) groups excluding carboxylic acids is 3. The van der Waals surface area contributed by atoms with Gasteiger partial charge in [-0.3, -0.25) is 19.3 Å². The summed E-state index contributed by atoms with van der Waals surface area (Å²) in [4.78, 5) is 47.7. The van der Waals surface area contributed by atoms with Crippen LogP contribution in [0.5, 0.6) is 0 Å². The van der Waals surface area contributed by atoms with E-state index in [0.717, 1.165) is 4.90 Å². The zero-order chi connectivity index (χ0) is 17.1. The monoisotopic (exact) mass is 422 g/mol. The first-order chi connectivity index (χ1) is 10.9. The Morgan fingerprint density at radius 2 is 2.17 bits per heavy atom. The molecule has 2 N–H and O–H groups in total. The number of aliphatic carboxylic acids is 1. The molecule has 0 aromatic carbocycles. The Labute approximate surface area is 149 Å². The molecule has 23 heavy (non-hydrogen) atoms. The molecule has 2 atom stereocenters. The van der Waals surface area contributed by atoms with Crippen LogP contribution < -0.4 is 5.32 Å². The molecule has 1 unspecified atom stereocenters. The summed E-state index contributed by atoms with van der Waals surface area (Å²) in [6.07, 6.45) is 1.11. The average molecular weight is 424 g/mol. The lowest BCUT2D eigenvalue weighted by Crippen LogP contribution is -2.70. The fraction of sp³-hybridized carbons (Fsp3) is 0.385. The van der Waals surface area contributed by atoms with Crippen molar-refractivity contribution in [1.82, 2.24) is 10.2 Å². The van der Waals surface area contributed by atoms with Gasteiger partial charge in [0.05, 0.1) is 11.8 Å². The number of hydrogen-bond donors (Lipinski definition) is 2. The highest BCUT2D eigenvalue weighted by molar-refractivity contribution is 9.09. The fourth-order valence-electron chi connectivity index (χ4n) is 2.30. The van der Waals surface area contributed by atoms with E-state index in [1.165, 1.54) is 23.4 Å². The second-order valence-electron chi connectivity index (χ2n) is 4.78. The minimum absolute atomic E-state index is 0.0589. The summed E-state index contributed by atoms with van der Waals surface area (Å²) in [6, 6.07) is -0.827. The molecule has 1 saturated heterocycles. The van der Waals surface area contributed by atoms with Gasteiger partial charge in [0, 0.05) is 11.3 Å². The van der Waals surface area contributed by atoms with Crippen LogP contribution in [0.15, 0.2) is 22.9 Å². The number of thioether (sulfide) groups is 1. The first-order valence-corrected chi connectivity index (χ1v) is 9.06. The van der Waals surface area contributed by atoms with E-state index < -0.39 is 29.2 Å². The third-order valence-corrected chi connectivity index (χ3v) is 5.34. The van der Waals surface area contributed by atoms with Crippen molar-refractivity contribution < 1.29 is 24.3 Å². The van der Waals surface area contributed by atoms with Crippen LogP contribution in [0, 0.1) is 0 Å². The molecule has 10 heteroatoms. The fourth-order valence-corrected chi connectivity index (χ4v) is 3.97. The predicted octanol–water partition coefficient (Wildman–Crippen LogP) is 0.832. The number of rotatable bonds is 6. The van der Waals surface area contributed by atoms with Gasteiger partial charge < -0.3 is 10.4 Å². The van der Waals surface area contributed by atoms with Gasteiger partial charge in [-0.1, -0.05) is 27.5 Å². The summed E-state index contributed by atoms with van der Waals surface area (Å²) in [5.74, 6) is -2.25. The first kappa shape index (κ1) is 18.0. The molecule has 2 rings (SSSR count). The lowest BCUT2D eigenvalue weighted by molar-refractivity contribution is -0.150. The van der Waals surface area contributed by atoms with Crippen LogP contribution >= 0.6 is 39.3 Å². The number of ketones is 1. The third-order valence-electron chi connectivity index (χ3n) is 3.29. The first-order valence-electron chi connectivity index (χ1n) is 6.45. The number of nitrogens with one attached hydrogen (secondary N) is 1. The third kappa shape index (κ3) is 3.61. The molecular weight excluding hydrogens is 412 g/mol. The topological polar surface area (TPSA) is 104 Å². The SMILES string of the molecule is O=C(CBr)CC(=O)NC1C(=O)N2C(C(=O)O)=C(/C=C/Cl)CS[C@@H]12. The van der Waals surface area contributed by atoms with Crippen LogP contribution in [-0.2, 0) is 19.2 Å². The maximum atomic E-state index is 12.2. The minimum atomic E-state index is -1.23. The van der Waals surface area contributed by atoms with E-state index in [2.05, 4.69) is 21.2 Å². The smallest absolute Gasteiger partial charge is 0.352 e. The van der Waals surface area contributed by atoms with Crippen LogP contribution in [0.3, 0.4) is 0 Å². The van der Waals surface area contributed by atoms with Crippen molar-refractivity contribution in [2.45, 2.75) is 17.8 Å². The normalized spacial score (nSPS) is 23.6. The standard InChI is InChI=1S/C13H12BrClN2O5S/c14-4-7(18)3-8(19)16-9-11(20)17-10(13(21)22)6(1-2-15)5-23-12(9)17/h1-2,9,12H,3-5H2,(H,16,19)(H,21,22)/b2-1+/t9?,12-/m0/s1. The Balaban J connectivity index is 2.13. The van der Waals surface area contributed by atoms with E-state index in [4.69, 9.17) is 11.6 Å². The van der Waals surface area contributed by atoms with Gasteiger partial charge in [-0.2, -0.15) is 0 Å². The molecule has 2 aliphatic rings. The largest absolute Gasteiger partial charge is 0.477 e. The van der Waals surface area contributed by atoms with Gasteiger partial charge in [-0.05, 0) is 11.6 Å². The maximum absolute atomic E-state index is 12.2. The number of Topliss-reactive ketones (excluding diaryl/α,β-unsaturated/α-hetero) is 1. The van der Waals surface area contributed by atoms with Crippen molar-refractivity contribution in [3.8, 4) is 0 Å². The second-order valence-corrected chi connectivity index (χ2v) is 6.69. The van der Waals surface area contributed by atoms with Crippen LogP contribution in [0.1, 0.15) is 6.42 Å². The Kier molecular flexibility index (Phi) is 5.88. The van der Waals surface area contributed by atoms with Gasteiger partial charge in [0.2, 0.25) is 5.91 Å². The number of fused-ring (bicyclic) bond motifs is 1.